The zero-order chi connectivity index (χ0) is 21.7. The summed E-state index contributed by atoms with van der Waals surface area (Å²) in [7, 11) is 1.40. The van der Waals surface area contributed by atoms with Crippen molar-refractivity contribution >= 4 is 23.6 Å². The Labute approximate surface area is 166 Å². The lowest BCUT2D eigenvalue weighted by Crippen LogP contribution is -2.57. The Morgan fingerprint density at radius 3 is 1.96 bits per heavy atom. The van der Waals surface area contributed by atoms with Crippen LogP contribution in [0.3, 0.4) is 0 Å². The second-order valence-electron chi connectivity index (χ2n) is 7.15. The van der Waals surface area contributed by atoms with Gasteiger partial charge in [-0.15, -0.1) is 0 Å². The minimum Gasteiger partial charge on any atom is -0.382 e. The number of carbonyl (C=O) groups excluding carboxylic acids is 4. The Morgan fingerprint density at radius 1 is 0.929 bits per heavy atom. The zero-order valence-corrected chi connectivity index (χ0v) is 17.2. The molecule has 0 aliphatic rings. The minimum absolute atomic E-state index is 0.0419. The van der Waals surface area contributed by atoms with Gasteiger partial charge in [0.2, 0.25) is 23.6 Å². The number of nitrogens with two attached hydrogens (primary N) is 2. The fourth-order valence-electron chi connectivity index (χ4n) is 2.62. The molecule has 0 fully saturated rings. The van der Waals surface area contributed by atoms with E-state index in [1.807, 2.05) is 13.8 Å². The third kappa shape index (κ3) is 10.8. The number of hydrogen-bond acceptors (Lipinski definition) is 6. The van der Waals surface area contributed by atoms with Crippen LogP contribution in [0.1, 0.15) is 46.5 Å². The summed E-state index contributed by atoms with van der Waals surface area (Å²) in [5.74, 6) is -1.94. The molecule has 0 aliphatic heterocycles. The predicted molar refractivity (Wildman–Crippen MR) is 105 cm³/mol. The molecule has 0 rings (SSSR count). The third-order valence-electron chi connectivity index (χ3n) is 3.97. The number of rotatable bonds is 14. The van der Waals surface area contributed by atoms with Crippen LogP contribution in [0.4, 0.5) is 0 Å². The fourth-order valence-corrected chi connectivity index (χ4v) is 2.62. The maximum Gasteiger partial charge on any atom is 0.245 e. The number of unbranched alkanes of at least 4 members (excludes halogenated alkanes) is 1. The van der Waals surface area contributed by atoms with Crippen molar-refractivity contribution in [3.63, 3.8) is 0 Å². The number of ether oxygens (including phenoxy) is 1. The van der Waals surface area contributed by atoms with Gasteiger partial charge in [-0.3, -0.25) is 19.2 Å². The average Bonchev–Trinajstić information content (AvgIpc) is 2.59. The summed E-state index contributed by atoms with van der Waals surface area (Å²) in [6.45, 7) is 5.51. The highest BCUT2D eigenvalue weighted by molar-refractivity contribution is 5.93. The summed E-state index contributed by atoms with van der Waals surface area (Å²) < 4.78 is 4.95. The van der Waals surface area contributed by atoms with Crippen molar-refractivity contribution in [3.8, 4) is 0 Å². The van der Waals surface area contributed by atoms with Gasteiger partial charge in [0.1, 0.15) is 18.1 Å². The van der Waals surface area contributed by atoms with Crippen LogP contribution >= 0.6 is 0 Å². The first-order chi connectivity index (χ1) is 13.1. The van der Waals surface area contributed by atoms with Gasteiger partial charge in [-0.2, -0.15) is 0 Å². The number of hydrogen-bond donors (Lipinski definition) is 5. The largest absolute Gasteiger partial charge is 0.382 e. The molecule has 162 valence electrons. The summed E-state index contributed by atoms with van der Waals surface area (Å²) in [5.41, 5.74) is 10.9. The summed E-state index contributed by atoms with van der Waals surface area (Å²) in [5, 5.41) is 7.71. The average molecular weight is 402 g/mol. The van der Waals surface area contributed by atoms with Gasteiger partial charge in [0.05, 0.1) is 6.61 Å². The Bertz CT molecular complexity index is 526. The molecule has 0 aromatic heterocycles. The highest BCUT2D eigenvalue weighted by Crippen LogP contribution is 2.07. The first-order valence-corrected chi connectivity index (χ1v) is 9.48. The van der Waals surface area contributed by atoms with Crippen molar-refractivity contribution in [2.24, 2.45) is 17.4 Å². The number of amides is 4. The molecule has 0 aromatic rings. The van der Waals surface area contributed by atoms with E-state index in [4.69, 9.17) is 16.2 Å². The Balaban J connectivity index is 5.21. The molecule has 3 atom stereocenters. The third-order valence-corrected chi connectivity index (χ3v) is 3.97. The second kappa shape index (κ2) is 13.9. The second-order valence-corrected chi connectivity index (χ2v) is 7.15. The highest BCUT2D eigenvalue weighted by Gasteiger charge is 2.28. The number of carbonyl (C=O) groups is 4. The van der Waals surface area contributed by atoms with Crippen LogP contribution in [-0.2, 0) is 23.9 Å². The van der Waals surface area contributed by atoms with Crippen LogP contribution in [0.5, 0.6) is 0 Å². The Hall–Kier alpha value is -2.20. The molecule has 0 spiro atoms. The molecule has 0 saturated heterocycles. The predicted octanol–water partition coefficient (Wildman–Crippen LogP) is -1.23. The Morgan fingerprint density at radius 2 is 1.50 bits per heavy atom. The first kappa shape index (κ1) is 25.8. The minimum atomic E-state index is -0.935. The normalized spacial score (nSPS) is 14.1. The topological polar surface area (TPSA) is 166 Å². The highest BCUT2D eigenvalue weighted by atomic mass is 16.5. The van der Waals surface area contributed by atoms with Crippen LogP contribution < -0.4 is 27.4 Å². The lowest BCUT2D eigenvalue weighted by molar-refractivity contribution is -0.134. The maximum absolute atomic E-state index is 12.7. The van der Waals surface area contributed by atoms with Gasteiger partial charge in [-0.1, -0.05) is 13.8 Å². The summed E-state index contributed by atoms with van der Waals surface area (Å²) in [6.07, 6.45) is 2.01. The molecule has 28 heavy (non-hydrogen) atoms. The van der Waals surface area contributed by atoms with Crippen molar-refractivity contribution in [2.75, 3.05) is 20.3 Å². The molecule has 0 bridgehead atoms. The van der Waals surface area contributed by atoms with Gasteiger partial charge < -0.3 is 32.2 Å². The van der Waals surface area contributed by atoms with Crippen LogP contribution in [0.2, 0.25) is 0 Å². The van der Waals surface area contributed by atoms with Crippen molar-refractivity contribution in [1.82, 2.24) is 16.0 Å². The van der Waals surface area contributed by atoms with E-state index in [1.165, 1.54) is 14.0 Å². The molecular formula is C18H35N5O5. The SMILES string of the molecule is COC[C@@H](NC(C)=O)C(=O)N[C@@H](CCCCN)C(=O)N[C@H](CC(C)C)C(N)=O. The molecule has 0 radical (unpaired) electrons. The summed E-state index contributed by atoms with van der Waals surface area (Å²) in [4.78, 5) is 48.1. The molecule has 0 saturated carbocycles. The van der Waals surface area contributed by atoms with Gasteiger partial charge in [0, 0.05) is 14.0 Å². The van der Waals surface area contributed by atoms with E-state index >= 15 is 0 Å². The van der Waals surface area contributed by atoms with Gasteiger partial charge >= 0.3 is 0 Å². The molecule has 10 nitrogen and oxygen atoms in total. The molecule has 0 heterocycles. The molecule has 7 N–H and O–H groups in total. The van der Waals surface area contributed by atoms with E-state index in [-0.39, 0.29) is 12.5 Å². The quantitative estimate of drug-likeness (QED) is 0.229. The van der Waals surface area contributed by atoms with Crippen molar-refractivity contribution < 1.29 is 23.9 Å². The smallest absolute Gasteiger partial charge is 0.245 e. The van der Waals surface area contributed by atoms with Crippen LogP contribution in [-0.4, -0.2) is 62.0 Å². The van der Waals surface area contributed by atoms with E-state index in [2.05, 4.69) is 16.0 Å². The lowest BCUT2D eigenvalue weighted by atomic mass is 10.0. The Kier molecular flexibility index (Phi) is 12.8. The van der Waals surface area contributed by atoms with Crippen molar-refractivity contribution in [3.05, 3.63) is 0 Å². The fraction of sp³-hybridized carbons (Fsp3) is 0.778. The van der Waals surface area contributed by atoms with E-state index in [0.29, 0.717) is 32.2 Å². The maximum atomic E-state index is 12.7. The molecular weight excluding hydrogens is 366 g/mol. The van der Waals surface area contributed by atoms with Gasteiger partial charge in [-0.05, 0) is 38.1 Å². The standard InChI is InChI=1S/C18H35N5O5/c1-11(2)9-14(16(20)25)23-17(26)13(7-5-6-8-19)22-18(27)15(10-28-4)21-12(3)24/h11,13-15H,5-10,19H2,1-4H3,(H2,20,25)(H,21,24)(H,22,27)(H,23,26)/t13-,14+,15+/m0/s1. The van der Waals surface area contributed by atoms with E-state index in [9.17, 15) is 19.2 Å². The van der Waals surface area contributed by atoms with E-state index in [0.717, 1.165) is 0 Å². The van der Waals surface area contributed by atoms with Crippen LogP contribution in [0.25, 0.3) is 0 Å². The molecule has 0 aromatic carbocycles. The summed E-state index contributed by atoms with van der Waals surface area (Å²) >= 11 is 0. The number of methoxy groups -OCH3 is 1. The van der Waals surface area contributed by atoms with Gasteiger partial charge in [0.15, 0.2) is 0 Å². The monoisotopic (exact) mass is 401 g/mol. The van der Waals surface area contributed by atoms with Crippen LogP contribution in [0, 0.1) is 5.92 Å². The van der Waals surface area contributed by atoms with Crippen molar-refractivity contribution in [2.45, 2.75) is 64.6 Å². The number of primary amides is 1. The van der Waals surface area contributed by atoms with E-state index in [1.54, 1.807) is 0 Å². The van der Waals surface area contributed by atoms with Gasteiger partial charge in [-0.25, -0.2) is 0 Å². The molecule has 0 aliphatic carbocycles. The van der Waals surface area contributed by atoms with Crippen molar-refractivity contribution in [1.29, 1.82) is 0 Å². The zero-order valence-electron chi connectivity index (χ0n) is 17.2. The van der Waals surface area contributed by atoms with Gasteiger partial charge in [0.25, 0.3) is 0 Å². The first-order valence-electron chi connectivity index (χ1n) is 9.48. The number of nitrogens with one attached hydrogen (secondary N) is 3. The molecule has 0 unspecified atom stereocenters. The summed E-state index contributed by atoms with van der Waals surface area (Å²) in [6, 6.07) is -2.65. The lowest BCUT2D eigenvalue weighted by Gasteiger charge is -2.25. The molecule has 4 amide bonds. The van der Waals surface area contributed by atoms with Crippen LogP contribution in [0.15, 0.2) is 0 Å². The van der Waals surface area contributed by atoms with E-state index < -0.39 is 41.8 Å². The molecule has 10 heteroatoms.